The second-order valence-electron chi connectivity index (χ2n) is 6.64. The Morgan fingerprint density at radius 1 is 1.17 bits per heavy atom. The number of halogens is 3. The number of hydrogen-bond acceptors (Lipinski definition) is 3. The maximum atomic E-state index is 12.6. The highest BCUT2D eigenvalue weighted by Gasteiger charge is 2.34. The molecule has 0 aliphatic carbocycles. The summed E-state index contributed by atoms with van der Waals surface area (Å²) in [6, 6.07) is 11.3. The van der Waals surface area contributed by atoms with E-state index in [1.54, 1.807) is 6.07 Å². The van der Waals surface area contributed by atoms with Crippen molar-refractivity contribution in [3.05, 3.63) is 71.3 Å². The Morgan fingerprint density at radius 3 is 2.55 bits per heavy atom. The zero-order valence-corrected chi connectivity index (χ0v) is 16.4. The lowest BCUT2D eigenvalue weighted by Crippen LogP contribution is -2.43. The van der Waals surface area contributed by atoms with Crippen molar-refractivity contribution in [3.8, 4) is 0 Å². The fourth-order valence-electron chi connectivity index (χ4n) is 2.87. The van der Waals surface area contributed by atoms with Crippen molar-refractivity contribution >= 4 is 35.3 Å². The van der Waals surface area contributed by atoms with Crippen LogP contribution >= 0.6 is 11.8 Å². The zero-order chi connectivity index (χ0) is 21.0. The normalized spacial score (nSPS) is 17.0. The topological polar surface area (TPSA) is 49.4 Å². The van der Waals surface area contributed by atoms with Gasteiger partial charge in [-0.2, -0.15) is 13.2 Å². The van der Waals surface area contributed by atoms with Gasteiger partial charge in [-0.05, 0) is 48.4 Å². The lowest BCUT2D eigenvalue weighted by molar-refractivity contribution is -0.137. The number of carbonyl (C=O) groups excluding carboxylic acids is 2. The average molecular weight is 420 g/mol. The van der Waals surface area contributed by atoms with Crippen molar-refractivity contribution in [1.29, 1.82) is 0 Å². The summed E-state index contributed by atoms with van der Waals surface area (Å²) in [5.41, 5.74) is 1.40. The van der Waals surface area contributed by atoms with E-state index in [9.17, 15) is 22.8 Å². The lowest BCUT2D eigenvalue weighted by Gasteiger charge is -2.21. The van der Waals surface area contributed by atoms with Crippen LogP contribution in [0.1, 0.15) is 16.7 Å². The summed E-state index contributed by atoms with van der Waals surface area (Å²) in [6.45, 7) is 1.92. The molecule has 0 spiro atoms. The van der Waals surface area contributed by atoms with E-state index in [0.29, 0.717) is 22.9 Å². The van der Waals surface area contributed by atoms with E-state index in [1.807, 2.05) is 25.1 Å². The molecule has 1 saturated heterocycles. The van der Waals surface area contributed by atoms with Crippen LogP contribution in [-0.4, -0.2) is 34.4 Å². The number of amides is 2. The van der Waals surface area contributed by atoms with E-state index >= 15 is 0 Å². The van der Waals surface area contributed by atoms with Gasteiger partial charge < -0.3 is 10.2 Å². The van der Waals surface area contributed by atoms with Crippen LogP contribution in [0.4, 0.5) is 18.9 Å². The molecular formula is C21H19F3N2O2S. The first kappa shape index (κ1) is 21.0. The molecule has 1 fully saturated rings. The van der Waals surface area contributed by atoms with Crippen LogP contribution in [0.2, 0.25) is 0 Å². The molecule has 3 rings (SSSR count). The summed E-state index contributed by atoms with van der Waals surface area (Å²) in [5.74, 6) is 0.232. The van der Waals surface area contributed by atoms with Gasteiger partial charge in [-0.1, -0.05) is 24.3 Å². The van der Waals surface area contributed by atoms with Gasteiger partial charge in [0.25, 0.3) is 0 Å². The number of aryl methyl sites for hydroxylation is 1. The quantitative estimate of drug-likeness (QED) is 0.738. The van der Waals surface area contributed by atoms with Gasteiger partial charge in [0.2, 0.25) is 11.8 Å². The highest BCUT2D eigenvalue weighted by atomic mass is 32.2. The molecule has 1 aliphatic heterocycles. The standard InChI is InChI=1S/C21H19F3N2O2S/c1-14-3-2-4-17(11-14)25-20(28)18-12-29-13-26(18)19(27)10-7-15-5-8-16(9-6-15)21(22,23)24/h2-11,18H,12-13H2,1H3,(H,25,28)/b10-7+. The number of anilines is 1. The summed E-state index contributed by atoms with van der Waals surface area (Å²) in [6.07, 6.45) is -1.68. The van der Waals surface area contributed by atoms with Crippen molar-refractivity contribution in [2.75, 3.05) is 16.9 Å². The highest BCUT2D eigenvalue weighted by Crippen LogP contribution is 2.29. The first-order valence-electron chi connectivity index (χ1n) is 8.85. The van der Waals surface area contributed by atoms with E-state index in [1.165, 1.54) is 40.9 Å². The minimum absolute atomic E-state index is 0.267. The van der Waals surface area contributed by atoms with E-state index in [-0.39, 0.29) is 11.8 Å². The Labute approximate surface area is 170 Å². The van der Waals surface area contributed by atoms with E-state index in [2.05, 4.69) is 5.32 Å². The third kappa shape index (κ3) is 5.41. The van der Waals surface area contributed by atoms with Gasteiger partial charge in [0.1, 0.15) is 6.04 Å². The average Bonchev–Trinajstić information content (AvgIpc) is 3.16. The molecule has 2 aromatic rings. The minimum atomic E-state index is -4.40. The second kappa shape index (κ2) is 8.73. The zero-order valence-electron chi connectivity index (χ0n) is 15.6. The molecule has 152 valence electrons. The summed E-state index contributed by atoms with van der Waals surface area (Å²) >= 11 is 1.47. The Balaban J connectivity index is 1.65. The van der Waals surface area contributed by atoms with E-state index < -0.39 is 17.8 Å². The fraction of sp³-hybridized carbons (Fsp3) is 0.238. The molecule has 2 amide bonds. The summed E-state index contributed by atoms with van der Waals surface area (Å²) in [7, 11) is 0. The molecule has 1 aliphatic rings. The number of carbonyl (C=O) groups is 2. The summed E-state index contributed by atoms with van der Waals surface area (Å²) in [4.78, 5) is 26.6. The summed E-state index contributed by atoms with van der Waals surface area (Å²) < 4.78 is 37.8. The van der Waals surface area contributed by atoms with Gasteiger partial charge in [0.15, 0.2) is 0 Å². The Morgan fingerprint density at radius 2 is 1.90 bits per heavy atom. The monoisotopic (exact) mass is 420 g/mol. The molecule has 1 atom stereocenters. The molecule has 1 unspecified atom stereocenters. The number of alkyl halides is 3. The van der Waals surface area contributed by atoms with Gasteiger partial charge in [-0.15, -0.1) is 11.8 Å². The molecule has 0 bridgehead atoms. The number of benzene rings is 2. The Kier molecular flexibility index (Phi) is 6.32. The third-order valence-corrected chi connectivity index (χ3v) is 5.42. The van der Waals surface area contributed by atoms with Crippen molar-refractivity contribution in [1.82, 2.24) is 4.90 Å². The Hall–Kier alpha value is -2.74. The first-order chi connectivity index (χ1) is 13.7. The Bertz CT molecular complexity index is 926. The van der Waals surface area contributed by atoms with Gasteiger partial charge in [-0.3, -0.25) is 9.59 Å². The third-order valence-electron chi connectivity index (χ3n) is 4.41. The van der Waals surface area contributed by atoms with Crippen molar-refractivity contribution in [2.24, 2.45) is 0 Å². The molecule has 1 heterocycles. The molecule has 8 heteroatoms. The van der Waals surface area contributed by atoms with Crippen LogP contribution in [0, 0.1) is 6.92 Å². The predicted molar refractivity (Wildman–Crippen MR) is 108 cm³/mol. The summed E-state index contributed by atoms with van der Waals surface area (Å²) in [5, 5.41) is 2.83. The van der Waals surface area contributed by atoms with Crippen LogP contribution in [0.5, 0.6) is 0 Å². The van der Waals surface area contributed by atoms with Crippen LogP contribution in [-0.2, 0) is 15.8 Å². The number of hydrogen-bond donors (Lipinski definition) is 1. The van der Waals surface area contributed by atoms with Crippen LogP contribution in [0.25, 0.3) is 6.08 Å². The predicted octanol–water partition coefficient (Wildman–Crippen LogP) is 4.57. The number of nitrogens with one attached hydrogen (secondary N) is 1. The lowest BCUT2D eigenvalue weighted by atomic mass is 10.1. The first-order valence-corrected chi connectivity index (χ1v) is 10.0. The van der Waals surface area contributed by atoms with Crippen molar-refractivity contribution in [2.45, 2.75) is 19.1 Å². The van der Waals surface area contributed by atoms with Crippen molar-refractivity contribution in [3.63, 3.8) is 0 Å². The van der Waals surface area contributed by atoms with Crippen LogP contribution in [0.15, 0.2) is 54.6 Å². The largest absolute Gasteiger partial charge is 0.416 e. The SMILES string of the molecule is Cc1cccc(NC(=O)C2CSCN2C(=O)/C=C/c2ccc(C(F)(F)F)cc2)c1. The number of nitrogens with zero attached hydrogens (tertiary/aromatic N) is 1. The molecule has 0 radical (unpaired) electrons. The smallest absolute Gasteiger partial charge is 0.324 e. The van der Waals surface area contributed by atoms with Gasteiger partial charge in [-0.25, -0.2) is 0 Å². The molecule has 4 nitrogen and oxygen atoms in total. The van der Waals surface area contributed by atoms with Gasteiger partial charge in [0, 0.05) is 17.5 Å². The van der Waals surface area contributed by atoms with Gasteiger partial charge in [0.05, 0.1) is 11.4 Å². The second-order valence-corrected chi connectivity index (χ2v) is 7.64. The van der Waals surface area contributed by atoms with Gasteiger partial charge >= 0.3 is 6.18 Å². The molecule has 0 aromatic heterocycles. The van der Waals surface area contributed by atoms with Crippen LogP contribution < -0.4 is 5.32 Å². The number of thioether (sulfide) groups is 1. The fourth-order valence-corrected chi connectivity index (χ4v) is 4.04. The minimum Gasteiger partial charge on any atom is -0.324 e. The van der Waals surface area contributed by atoms with Crippen molar-refractivity contribution < 1.29 is 22.8 Å². The van der Waals surface area contributed by atoms with Crippen LogP contribution in [0.3, 0.4) is 0 Å². The molecule has 2 aromatic carbocycles. The van der Waals surface area contributed by atoms with E-state index in [0.717, 1.165) is 17.7 Å². The maximum Gasteiger partial charge on any atom is 0.416 e. The molecule has 29 heavy (non-hydrogen) atoms. The molecular weight excluding hydrogens is 401 g/mol. The molecule has 0 saturated carbocycles. The number of rotatable bonds is 4. The molecule has 1 N–H and O–H groups in total. The maximum absolute atomic E-state index is 12.6. The van der Waals surface area contributed by atoms with E-state index in [4.69, 9.17) is 0 Å². The highest BCUT2D eigenvalue weighted by molar-refractivity contribution is 7.99.